The average molecular weight is 240 g/mol. The lowest BCUT2D eigenvalue weighted by Crippen LogP contribution is -2.28. The van der Waals surface area contributed by atoms with Crippen molar-refractivity contribution in [2.75, 3.05) is 39.3 Å². The van der Waals surface area contributed by atoms with Crippen LogP contribution in [0.15, 0.2) is 0 Å². The minimum atomic E-state index is -4.50. The average Bonchev–Trinajstić information content (AvgIpc) is 2.67. The van der Waals surface area contributed by atoms with Gasteiger partial charge in [0.05, 0.1) is 6.61 Å². The first-order valence-electron chi connectivity index (χ1n) is 5.72. The minimum Gasteiger partial charge on any atom is -0.314 e. The van der Waals surface area contributed by atoms with Crippen molar-refractivity contribution < 1.29 is 17.9 Å². The van der Waals surface area contributed by atoms with Crippen molar-refractivity contribution in [1.82, 2.24) is 10.2 Å². The van der Waals surface area contributed by atoms with Gasteiger partial charge in [-0.2, -0.15) is 0 Å². The Balaban J connectivity index is 1.81. The fourth-order valence-corrected chi connectivity index (χ4v) is 1.80. The molecule has 1 rings (SSSR count). The molecule has 6 heteroatoms. The molecule has 0 spiro atoms. The normalized spacial score (nSPS) is 18.2. The maximum atomic E-state index is 11.6. The second-order valence-corrected chi connectivity index (χ2v) is 3.95. The van der Waals surface area contributed by atoms with Crippen molar-refractivity contribution >= 4 is 0 Å². The van der Waals surface area contributed by atoms with Crippen LogP contribution in [0.1, 0.15) is 19.3 Å². The van der Waals surface area contributed by atoms with Crippen LogP contribution >= 0.6 is 0 Å². The molecule has 16 heavy (non-hydrogen) atoms. The number of hydrogen-bond acceptors (Lipinski definition) is 3. The quantitative estimate of drug-likeness (QED) is 0.684. The molecule has 0 radical (unpaired) electrons. The maximum Gasteiger partial charge on any atom is 0.522 e. The minimum absolute atomic E-state index is 0.250. The third-order valence-electron chi connectivity index (χ3n) is 2.57. The van der Waals surface area contributed by atoms with E-state index in [1.807, 2.05) is 0 Å². The van der Waals surface area contributed by atoms with E-state index in [9.17, 15) is 13.2 Å². The molecule has 0 aromatic rings. The summed E-state index contributed by atoms with van der Waals surface area (Å²) < 4.78 is 38.4. The van der Waals surface area contributed by atoms with Gasteiger partial charge in [-0.05, 0) is 45.4 Å². The molecule has 0 aromatic carbocycles. The molecule has 3 nitrogen and oxygen atoms in total. The van der Waals surface area contributed by atoms with Gasteiger partial charge in [-0.25, -0.2) is 0 Å². The van der Waals surface area contributed by atoms with Gasteiger partial charge in [0.2, 0.25) is 0 Å². The number of ether oxygens (including phenoxy) is 1. The highest BCUT2D eigenvalue weighted by Gasteiger charge is 2.28. The Hall–Kier alpha value is -0.330. The molecule has 1 heterocycles. The van der Waals surface area contributed by atoms with Gasteiger partial charge in [0.1, 0.15) is 0 Å². The zero-order valence-corrected chi connectivity index (χ0v) is 9.35. The van der Waals surface area contributed by atoms with E-state index in [2.05, 4.69) is 15.0 Å². The predicted molar refractivity (Wildman–Crippen MR) is 55.2 cm³/mol. The molecule has 1 aliphatic rings. The highest BCUT2D eigenvalue weighted by molar-refractivity contribution is 4.66. The van der Waals surface area contributed by atoms with Crippen LogP contribution in [0.3, 0.4) is 0 Å². The summed E-state index contributed by atoms with van der Waals surface area (Å²) >= 11 is 0. The Kier molecular flexibility index (Phi) is 6.08. The summed E-state index contributed by atoms with van der Waals surface area (Å²) in [4.78, 5) is 2.38. The fraction of sp³-hybridized carbons (Fsp3) is 1.00. The van der Waals surface area contributed by atoms with Gasteiger partial charge in [-0.15, -0.1) is 13.2 Å². The van der Waals surface area contributed by atoms with E-state index < -0.39 is 6.36 Å². The molecule has 0 unspecified atom stereocenters. The van der Waals surface area contributed by atoms with E-state index in [0.717, 1.165) is 32.6 Å². The number of alkyl halides is 3. The summed E-state index contributed by atoms with van der Waals surface area (Å²) in [5.74, 6) is 0. The van der Waals surface area contributed by atoms with Crippen LogP contribution in [-0.2, 0) is 4.74 Å². The fourth-order valence-electron chi connectivity index (χ4n) is 1.80. The van der Waals surface area contributed by atoms with Crippen molar-refractivity contribution in [2.24, 2.45) is 0 Å². The van der Waals surface area contributed by atoms with Crippen molar-refractivity contribution in [3.8, 4) is 0 Å². The first-order chi connectivity index (χ1) is 7.58. The molecular weight excluding hydrogens is 221 g/mol. The largest absolute Gasteiger partial charge is 0.522 e. The molecule has 0 aliphatic carbocycles. The third-order valence-corrected chi connectivity index (χ3v) is 2.57. The van der Waals surface area contributed by atoms with Crippen LogP contribution in [0, 0.1) is 0 Å². The first-order valence-corrected chi connectivity index (χ1v) is 5.72. The summed E-state index contributed by atoms with van der Waals surface area (Å²) in [6.07, 6.45) is -0.983. The van der Waals surface area contributed by atoms with Gasteiger partial charge in [0.25, 0.3) is 0 Å². The summed E-state index contributed by atoms with van der Waals surface area (Å²) in [5, 5.41) is 2.93. The van der Waals surface area contributed by atoms with Gasteiger partial charge < -0.3 is 10.2 Å². The number of halogens is 3. The van der Waals surface area contributed by atoms with E-state index in [1.165, 1.54) is 12.8 Å². The molecule has 1 saturated heterocycles. The highest BCUT2D eigenvalue weighted by atomic mass is 19.4. The number of nitrogens with one attached hydrogen (secondary N) is 1. The number of hydrogen-bond donors (Lipinski definition) is 1. The maximum absolute atomic E-state index is 11.6. The van der Waals surface area contributed by atoms with Gasteiger partial charge in [0, 0.05) is 6.54 Å². The Bertz CT molecular complexity index is 181. The molecule has 0 atom stereocenters. The van der Waals surface area contributed by atoms with Crippen LogP contribution in [0.4, 0.5) is 13.2 Å². The Morgan fingerprint density at radius 3 is 2.44 bits per heavy atom. The zero-order valence-electron chi connectivity index (χ0n) is 9.35. The number of rotatable bonds is 7. The summed E-state index contributed by atoms with van der Waals surface area (Å²) in [6, 6.07) is 0. The van der Waals surface area contributed by atoms with E-state index in [0.29, 0.717) is 0 Å². The van der Waals surface area contributed by atoms with E-state index in [-0.39, 0.29) is 13.2 Å². The highest BCUT2D eigenvalue weighted by Crippen LogP contribution is 2.15. The van der Waals surface area contributed by atoms with E-state index in [1.54, 1.807) is 0 Å². The van der Waals surface area contributed by atoms with Crippen molar-refractivity contribution in [3.63, 3.8) is 0 Å². The van der Waals surface area contributed by atoms with Gasteiger partial charge in [-0.1, -0.05) is 0 Å². The summed E-state index contributed by atoms with van der Waals surface area (Å²) in [5.41, 5.74) is 0. The van der Waals surface area contributed by atoms with E-state index >= 15 is 0 Å². The van der Waals surface area contributed by atoms with Gasteiger partial charge in [0.15, 0.2) is 0 Å². The second-order valence-electron chi connectivity index (χ2n) is 3.95. The molecule has 0 bridgehead atoms. The lowest BCUT2D eigenvalue weighted by molar-refractivity contribution is -0.323. The molecule has 1 aliphatic heterocycles. The second kappa shape index (κ2) is 7.09. The molecule has 1 fully saturated rings. The standard InChI is InChI=1S/C10H19F3N2O/c11-10(12,13)16-9-5-14-4-3-8-15-6-1-2-7-15/h14H,1-9H2. The molecular formula is C10H19F3N2O. The Labute approximate surface area is 93.9 Å². The molecule has 0 aromatic heterocycles. The summed E-state index contributed by atoms with van der Waals surface area (Å²) in [6.45, 7) is 4.05. The van der Waals surface area contributed by atoms with Crippen molar-refractivity contribution in [3.05, 3.63) is 0 Å². The predicted octanol–water partition coefficient (Wildman–Crippen LogP) is 1.60. The molecule has 0 amide bonds. The van der Waals surface area contributed by atoms with Crippen molar-refractivity contribution in [2.45, 2.75) is 25.6 Å². The molecule has 0 saturated carbocycles. The number of nitrogens with zero attached hydrogens (tertiary/aromatic N) is 1. The van der Waals surface area contributed by atoms with Gasteiger partial charge >= 0.3 is 6.36 Å². The topological polar surface area (TPSA) is 24.5 Å². The van der Waals surface area contributed by atoms with Crippen molar-refractivity contribution in [1.29, 1.82) is 0 Å². The van der Waals surface area contributed by atoms with Crippen LogP contribution < -0.4 is 5.32 Å². The smallest absolute Gasteiger partial charge is 0.314 e. The Morgan fingerprint density at radius 1 is 1.12 bits per heavy atom. The van der Waals surface area contributed by atoms with Gasteiger partial charge in [-0.3, -0.25) is 4.74 Å². The molecule has 96 valence electrons. The SMILES string of the molecule is FC(F)(F)OCCNCCCN1CCCC1. The lowest BCUT2D eigenvalue weighted by Gasteiger charge is -2.14. The monoisotopic (exact) mass is 240 g/mol. The Morgan fingerprint density at radius 2 is 1.81 bits per heavy atom. The van der Waals surface area contributed by atoms with Crippen LogP contribution in [0.25, 0.3) is 0 Å². The zero-order chi connectivity index (χ0) is 11.9. The van der Waals surface area contributed by atoms with E-state index in [4.69, 9.17) is 0 Å². The third kappa shape index (κ3) is 7.03. The number of likely N-dealkylation sites (tertiary alicyclic amines) is 1. The van der Waals surface area contributed by atoms with Crippen LogP contribution in [0.5, 0.6) is 0 Å². The lowest BCUT2D eigenvalue weighted by atomic mass is 10.4. The molecule has 1 N–H and O–H groups in total. The summed E-state index contributed by atoms with van der Waals surface area (Å²) in [7, 11) is 0. The van der Waals surface area contributed by atoms with Crippen LogP contribution in [0.2, 0.25) is 0 Å². The first kappa shape index (κ1) is 13.7. The van der Waals surface area contributed by atoms with Crippen LogP contribution in [-0.4, -0.2) is 50.6 Å².